The van der Waals surface area contributed by atoms with Crippen molar-refractivity contribution in [2.75, 3.05) is 20.7 Å². The molecule has 2 unspecified atom stereocenters. The van der Waals surface area contributed by atoms with Gasteiger partial charge in [-0.15, -0.1) is 0 Å². The van der Waals surface area contributed by atoms with Crippen LogP contribution in [-0.4, -0.2) is 37.4 Å². The van der Waals surface area contributed by atoms with Gasteiger partial charge >= 0.3 is 0 Å². The van der Waals surface area contributed by atoms with E-state index in [1.54, 1.807) is 19.1 Å². The van der Waals surface area contributed by atoms with Crippen LogP contribution in [-0.2, 0) is 16.1 Å². The molecule has 2 atom stereocenters. The third-order valence-corrected chi connectivity index (χ3v) is 4.06. The maximum Gasteiger partial charge on any atom is 0.224 e. The van der Waals surface area contributed by atoms with Gasteiger partial charge in [-0.2, -0.15) is 0 Å². The van der Waals surface area contributed by atoms with Gasteiger partial charge in [-0.05, 0) is 30.0 Å². The average Bonchev–Trinajstić information content (AvgIpc) is 3.24. The van der Waals surface area contributed by atoms with E-state index in [0.29, 0.717) is 25.4 Å². The van der Waals surface area contributed by atoms with Crippen molar-refractivity contribution < 1.29 is 14.3 Å². The molecule has 0 aromatic heterocycles. The Hall–Kier alpha value is -2.04. The Morgan fingerprint density at radius 3 is 2.77 bits per heavy atom. The van der Waals surface area contributed by atoms with Crippen LogP contribution < -0.4 is 10.1 Å². The third kappa shape index (κ3) is 4.48. The predicted molar refractivity (Wildman–Crippen MR) is 84.4 cm³/mol. The number of nitrogens with zero attached hydrogens (tertiary/aromatic N) is 1. The van der Waals surface area contributed by atoms with Gasteiger partial charge in [-0.3, -0.25) is 9.59 Å². The highest BCUT2D eigenvalue weighted by Crippen LogP contribution is 2.37. The molecule has 1 N–H and O–H groups in total. The van der Waals surface area contributed by atoms with Crippen molar-refractivity contribution in [2.45, 2.75) is 26.3 Å². The first-order valence-electron chi connectivity index (χ1n) is 7.66. The summed E-state index contributed by atoms with van der Waals surface area (Å²) in [5.74, 6) is 1.53. The molecule has 2 rings (SSSR count). The number of ether oxygens (including phenoxy) is 1. The third-order valence-electron chi connectivity index (χ3n) is 4.06. The van der Waals surface area contributed by atoms with Crippen molar-refractivity contribution in [3.8, 4) is 5.75 Å². The molecule has 0 saturated heterocycles. The number of nitrogens with one attached hydrogen (secondary N) is 1. The van der Waals surface area contributed by atoms with Crippen molar-refractivity contribution in [3.05, 3.63) is 29.8 Å². The topological polar surface area (TPSA) is 58.6 Å². The summed E-state index contributed by atoms with van der Waals surface area (Å²) in [6.07, 6.45) is 1.29. The number of carbonyl (C=O) groups is 2. The van der Waals surface area contributed by atoms with Gasteiger partial charge in [0.05, 0.1) is 7.11 Å². The highest BCUT2D eigenvalue weighted by molar-refractivity contribution is 5.82. The largest absolute Gasteiger partial charge is 0.497 e. The minimum atomic E-state index is 0.0203. The van der Waals surface area contributed by atoms with Crippen LogP contribution in [0.25, 0.3) is 0 Å². The normalized spacial score (nSPS) is 19.4. The molecular weight excluding hydrogens is 280 g/mol. The molecule has 1 aromatic carbocycles. The maximum atomic E-state index is 12.1. The molecule has 0 spiro atoms. The van der Waals surface area contributed by atoms with Crippen molar-refractivity contribution in [1.29, 1.82) is 0 Å². The summed E-state index contributed by atoms with van der Waals surface area (Å²) in [6, 6.07) is 7.66. The fourth-order valence-corrected chi connectivity index (χ4v) is 2.43. The van der Waals surface area contributed by atoms with Crippen LogP contribution in [0.3, 0.4) is 0 Å². The minimum absolute atomic E-state index is 0.0203. The first-order chi connectivity index (χ1) is 10.5. The second-order valence-electron chi connectivity index (χ2n) is 5.96. The lowest BCUT2D eigenvalue weighted by Gasteiger charge is -2.18. The molecule has 0 radical (unpaired) electrons. The Kier molecular flexibility index (Phi) is 5.41. The van der Waals surface area contributed by atoms with Crippen LogP contribution in [0, 0.1) is 11.8 Å². The molecule has 22 heavy (non-hydrogen) atoms. The number of hydrogen-bond acceptors (Lipinski definition) is 3. The average molecular weight is 304 g/mol. The van der Waals surface area contributed by atoms with Crippen LogP contribution in [0.2, 0.25) is 0 Å². The van der Waals surface area contributed by atoms with Crippen molar-refractivity contribution in [1.82, 2.24) is 10.2 Å². The lowest BCUT2D eigenvalue weighted by molar-refractivity contribution is -0.130. The van der Waals surface area contributed by atoms with Crippen LogP contribution in [0.4, 0.5) is 0 Å². The van der Waals surface area contributed by atoms with Gasteiger partial charge in [0.1, 0.15) is 5.75 Å². The Balaban J connectivity index is 1.73. The number of amides is 2. The van der Waals surface area contributed by atoms with E-state index in [1.807, 2.05) is 24.3 Å². The first kappa shape index (κ1) is 16.3. The Labute approximate surface area is 131 Å². The van der Waals surface area contributed by atoms with Crippen LogP contribution in [0.15, 0.2) is 24.3 Å². The number of benzene rings is 1. The molecular formula is C17H24N2O3. The van der Waals surface area contributed by atoms with E-state index in [0.717, 1.165) is 17.7 Å². The minimum Gasteiger partial charge on any atom is -0.497 e. The predicted octanol–water partition coefficient (Wildman–Crippen LogP) is 1.82. The quantitative estimate of drug-likeness (QED) is 0.836. The summed E-state index contributed by atoms with van der Waals surface area (Å²) in [5.41, 5.74) is 1.02. The number of methoxy groups -OCH3 is 1. The zero-order valence-electron chi connectivity index (χ0n) is 13.5. The van der Waals surface area contributed by atoms with E-state index in [-0.39, 0.29) is 17.7 Å². The molecule has 5 heteroatoms. The Morgan fingerprint density at radius 1 is 1.41 bits per heavy atom. The van der Waals surface area contributed by atoms with Crippen LogP contribution >= 0.6 is 0 Å². The van der Waals surface area contributed by atoms with Gasteiger partial charge in [0.2, 0.25) is 11.8 Å². The van der Waals surface area contributed by atoms with E-state index < -0.39 is 0 Å². The zero-order valence-corrected chi connectivity index (χ0v) is 13.5. The van der Waals surface area contributed by atoms with E-state index in [9.17, 15) is 9.59 Å². The lowest BCUT2D eigenvalue weighted by Crippen LogP contribution is -2.32. The molecule has 0 bridgehead atoms. The van der Waals surface area contributed by atoms with Gasteiger partial charge in [0.25, 0.3) is 0 Å². The van der Waals surface area contributed by atoms with Crippen molar-refractivity contribution >= 4 is 11.8 Å². The summed E-state index contributed by atoms with van der Waals surface area (Å²) >= 11 is 0. The molecule has 1 aliphatic carbocycles. The van der Waals surface area contributed by atoms with Crippen LogP contribution in [0.5, 0.6) is 5.75 Å². The van der Waals surface area contributed by atoms with Crippen LogP contribution in [0.1, 0.15) is 25.3 Å². The highest BCUT2D eigenvalue weighted by atomic mass is 16.5. The van der Waals surface area contributed by atoms with Crippen molar-refractivity contribution in [3.63, 3.8) is 0 Å². The molecule has 120 valence electrons. The van der Waals surface area contributed by atoms with Gasteiger partial charge in [0, 0.05) is 32.5 Å². The standard InChI is InChI=1S/C17H24N2O3/c1-12-9-15(12)17(21)18-8-7-16(20)19(2)11-13-5-4-6-14(10-13)22-3/h4-6,10,12,15H,7-9,11H2,1-3H3,(H,18,21). The Bertz CT molecular complexity index is 544. The molecule has 0 heterocycles. The van der Waals surface area contributed by atoms with Gasteiger partial charge in [-0.25, -0.2) is 0 Å². The zero-order chi connectivity index (χ0) is 16.1. The van der Waals surface area contributed by atoms with E-state index in [4.69, 9.17) is 4.74 Å². The summed E-state index contributed by atoms with van der Waals surface area (Å²) in [6.45, 7) is 3.00. The Morgan fingerprint density at radius 2 is 2.14 bits per heavy atom. The first-order valence-corrected chi connectivity index (χ1v) is 7.66. The molecule has 1 saturated carbocycles. The second kappa shape index (κ2) is 7.29. The molecule has 2 amide bonds. The van der Waals surface area contributed by atoms with E-state index >= 15 is 0 Å². The van der Waals surface area contributed by atoms with Gasteiger partial charge in [-0.1, -0.05) is 19.1 Å². The fourth-order valence-electron chi connectivity index (χ4n) is 2.43. The second-order valence-corrected chi connectivity index (χ2v) is 5.96. The van der Waals surface area contributed by atoms with Crippen molar-refractivity contribution in [2.24, 2.45) is 11.8 Å². The number of carbonyl (C=O) groups excluding carboxylic acids is 2. The molecule has 1 aliphatic rings. The van der Waals surface area contributed by atoms with Gasteiger partial charge in [0.15, 0.2) is 0 Å². The maximum absolute atomic E-state index is 12.1. The molecule has 0 aliphatic heterocycles. The lowest BCUT2D eigenvalue weighted by atomic mass is 10.2. The fraction of sp³-hybridized carbons (Fsp3) is 0.529. The summed E-state index contributed by atoms with van der Waals surface area (Å²) in [7, 11) is 3.39. The molecule has 5 nitrogen and oxygen atoms in total. The van der Waals surface area contributed by atoms with E-state index in [1.165, 1.54) is 0 Å². The molecule has 1 aromatic rings. The molecule has 1 fully saturated rings. The number of rotatable bonds is 7. The highest BCUT2D eigenvalue weighted by Gasteiger charge is 2.38. The monoisotopic (exact) mass is 304 g/mol. The summed E-state index contributed by atoms with van der Waals surface area (Å²) < 4.78 is 5.17. The smallest absolute Gasteiger partial charge is 0.224 e. The van der Waals surface area contributed by atoms with E-state index in [2.05, 4.69) is 12.2 Å². The summed E-state index contributed by atoms with van der Waals surface area (Å²) in [5, 5.41) is 2.84. The summed E-state index contributed by atoms with van der Waals surface area (Å²) in [4.78, 5) is 25.4. The van der Waals surface area contributed by atoms with Gasteiger partial charge < -0.3 is 15.0 Å². The SMILES string of the molecule is COc1cccc(CN(C)C(=O)CCNC(=O)C2CC2C)c1. The number of hydrogen-bond donors (Lipinski definition) is 1.